The van der Waals surface area contributed by atoms with E-state index in [4.69, 9.17) is 11.6 Å². The summed E-state index contributed by atoms with van der Waals surface area (Å²) in [7, 11) is -3.30. The first-order chi connectivity index (χ1) is 13.2. The minimum Gasteiger partial charge on any atom is -0.314 e. The SMILES string of the molecule is Cc1cc(C)cc(N2C(=O)N(Cc3c(F)cccc3Cl)C3CS(=O)(=O)CC32)c1. The number of anilines is 1. The second-order valence-electron chi connectivity index (χ2n) is 7.54. The van der Waals surface area contributed by atoms with E-state index in [9.17, 15) is 17.6 Å². The van der Waals surface area contributed by atoms with Gasteiger partial charge in [-0.05, 0) is 49.2 Å². The Morgan fingerprint density at radius 3 is 2.39 bits per heavy atom. The zero-order chi connectivity index (χ0) is 20.2. The lowest BCUT2D eigenvalue weighted by molar-refractivity contribution is 0.205. The number of fused-ring (bicyclic) bond motifs is 1. The maximum absolute atomic E-state index is 14.3. The lowest BCUT2D eigenvalue weighted by Gasteiger charge is -2.23. The van der Waals surface area contributed by atoms with Crippen LogP contribution in [0.1, 0.15) is 16.7 Å². The minimum absolute atomic E-state index is 0.0671. The van der Waals surface area contributed by atoms with Crippen LogP contribution in [0.15, 0.2) is 36.4 Å². The lowest BCUT2D eigenvalue weighted by atomic mass is 10.1. The maximum atomic E-state index is 14.3. The van der Waals surface area contributed by atoms with Gasteiger partial charge in [0.1, 0.15) is 5.82 Å². The fourth-order valence-corrected chi connectivity index (χ4v) is 6.38. The lowest BCUT2D eigenvalue weighted by Crippen LogP contribution is -2.37. The van der Waals surface area contributed by atoms with Crippen LogP contribution in [-0.2, 0) is 16.4 Å². The molecule has 2 heterocycles. The Hall–Kier alpha value is -2.12. The van der Waals surface area contributed by atoms with Crippen molar-refractivity contribution in [2.45, 2.75) is 32.5 Å². The Morgan fingerprint density at radius 1 is 1.11 bits per heavy atom. The molecule has 2 aliphatic rings. The van der Waals surface area contributed by atoms with E-state index in [1.165, 1.54) is 17.0 Å². The summed E-state index contributed by atoms with van der Waals surface area (Å²) in [5.41, 5.74) is 2.83. The van der Waals surface area contributed by atoms with Gasteiger partial charge in [-0.3, -0.25) is 4.90 Å². The molecule has 0 bridgehead atoms. The summed E-state index contributed by atoms with van der Waals surface area (Å²) in [6, 6.07) is 8.71. The number of urea groups is 1. The molecule has 148 valence electrons. The molecule has 4 rings (SSSR count). The Kier molecular flexibility index (Phi) is 4.62. The summed E-state index contributed by atoms with van der Waals surface area (Å²) in [6.07, 6.45) is 0. The number of nitrogens with zero attached hydrogens (tertiary/aromatic N) is 2. The van der Waals surface area contributed by atoms with Crippen molar-refractivity contribution in [3.05, 3.63) is 63.9 Å². The summed E-state index contributed by atoms with van der Waals surface area (Å²) in [4.78, 5) is 16.3. The molecule has 0 N–H and O–H groups in total. The van der Waals surface area contributed by atoms with Crippen molar-refractivity contribution in [2.75, 3.05) is 16.4 Å². The van der Waals surface area contributed by atoms with E-state index in [0.717, 1.165) is 11.1 Å². The van der Waals surface area contributed by atoms with Crippen molar-refractivity contribution in [1.29, 1.82) is 0 Å². The third kappa shape index (κ3) is 3.26. The molecule has 2 atom stereocenters. The summed E-state index contributed by atoms with van der Waals surface area (Å²) in [6.45, 7) is 3.79. The van der Waals surface area contributed by atoms with Gasteiger partial charge in [0.25, 0.3) is 0 Å². The van der Waals surface area contributed by atoms with E-state index in [-0.39, 0.29) is 34.7 Å². The van der Waals surface area contributed by atoms with Crippen LogP contribution in [-0.4, -0.2) is 42.9 Å². The number of hydrogen-bond donors (Lipinski definition) is 0. The number of hydrogen-bond acceptors (Lipinski definition) is 3. The second kappa shape index (κ2) is 6.74. The van der Waals surface area contributed by atoms with E-state index < -0.39 is 27.7 Å². The van der Waals surface area contributed by atoms with E-state index in [1.807, 2.05) is 32.0 Å². The molecule has 0 aliphatic carbocycles. The summed E-state index contributed by atoms with van der Waals surface area (Å²) in [5, 5.41) is 0.218. The van der Waals surface area contributed by atoms with Gasteiger partial charge < -0.3 is 4.90 Å². The average molecular weight is 423 g/mol. The van der Waals surface area contributed by atoms with E-state index in [0.29, 0.717) is 5.69 Å². The van der Waals surface area contributed by atoms with Gasteiger partial charge in [-0.15, -0.1) is 0 Å². The van der Waals surface area contributed by atoms with Gasteiger partial charge >= 0.3 is 6.03 Å². The highest BCUT2D eigenvalue weighted by Gasteiger charge is 2.54. The summed E-state index contributed by atoms with van der Waals surface area (Å²) >= 11 is 6.14. The molecule has 2 aromatic carbocycles. The van der Waals surface area contributed by atoms with Crippen LogP contribution in [0, 0.1) is 19.7 Å². The quantitative estimate of drug-likeness (QED) is 0.708. The molecule has 2 aromatic rings. The van der Waals surface area contributed by atoms with Crippen LogP contribution in [0.4, 0.5) is 14.9 Å². The van der Waals surface area contributed by atoms with Gasteiger partial charge in [-0.1, -0.05) is 23.7 Å². The topological polar surface area (TPSA) is 57.7 Å². The number of rotatable bonds is 3. The fourth-order valence-electron chi connectivity index (χ4n) is 4.21. The van der Waals surface area contributed by atoms with Gasteiger partial charge in [-0.2, -0.15) is 0 Å². The molecule has 2 amide bonds. The zero-order valence-corrected chi connectivity index (χ0v) is 17.1. The Morgan fingerprint density at radius 2 is 1.75 bits per heavy atom. The summed E-state index contributed by atoms with van der Waals surface area (Å²) in [5.74, 6) is -0.739. The molecular weight excluding hydrogens is 403 g/mol. The molecular formula is C20H20ClFN2O3S. The molecule has 5 nitrogen and oxygen atoms in total. The second-order valence-corrected chi connectivity index (χ2v) is 10.1. The number of carbonyl (C=O) groups excluding carboxylic acids is 1. The molecule has 8 heteroatoms. The monoisotopic (exact) mass is 422 g/mol. The van der Waals surface area contributed by atoms with Crippen LogP contribution < -0.4 is 4.90 Å². The van der Waals surface area contributed by atoms with Crippen molar-refractivity contribution >= 4 is 33.2 Å². The van der Waals surface area contributed by atoms with E-state index >= 15 is 0 Å². The smallest absolute Gasteiger partial charge is 0.314 e. The number of aryl methyl sites for hydroxylation is 2. The predicted octanol–water partition coefficient (Wildman–Crippen LogP) is 3.70. The number of sulfone groups is 1. The molecule has 0 aromatic heterocycles. The predicted molar refractivity (Wildman–Crippen MR) is 107 cm³/mol. The van der Waals surface area contributed by atoms with Gasteiger partial charge in [0.2, 0.25) is 0 Å². The van der Waals surface area contributed by atoms with Crippen LogP contribution in [0.3, 0.4) is 0 Å². The van der Waals surface area contributed by atoms with Gasteiger partial charge in [0.05, 0.1) is 30.1 Å². The van der Waals surface area contributed by atoms with Crippen LogP contribution in [0.25, 0.3) is 0 Å². The Balaban J connectivity index is 1.77. The van der Waals surface area contributed by atoms with E-state index in [1.54, 1.807) is 11.0 Å². The van der Waals surface area contributed by atoms with Crippen LogP contribution >= 0.6 is 11.6 Å². The molecule has 0 radical (unpaired) electrons. The van der Waals surface area contributed by atoms with Crippen molar-refractivity contribution in [1.82, 2.24) is 4.90 Å². The molecule has 2 fully saturated rings. The number of halogens is 2. The molecule has 2 aliphatic heterocycles. The van der Waals surface area contributed by atoms with Crippen molar-refractivity contribution in [3.8, 4) is 0 Å². The zero-order valence-electron chi connectivity index (χ0n) is 15.5. The van der Waals surface area contributed by atoms with Crippen LogP contribution in [0.2, 0.25) is 5.02 Å². The van der Waals surface area contributed by atoms with Crippen molar-refractivity contribution in [2.24, 2.45) is 0 Å². The van der Waals surface area contributed by atoms with Crippen molar-refractivity contribution < 1.29 is 17.6 Å². The van der Waals surface area contributed by atoms with E-state index in [2.05, 4.69) is 0 Å². The largest absolute Gasteiger partial charge is 0.325 e. The molecule has 2 unspecified atom stereocenters. The standard InChI is InChI=1S/C20H20ClFN2O3S/c1-12-6-13(2)8-14(7-12)24-19-11-28(26,27)10-18(19)23(20(24)25)9-15-16(21)4-3-5-17(15)22/h3-8,18-19H,9-11H2,1-2H3. The van der Waals surface area contributed by atoms with Gasteiger partial charge in [0, 0.05) is 16.3 Å². The van der Waals surface area contributed by atoms with Gasteiger partial charge in [-0.25, -0.2) is 17.6 Å². The summed E-state index contributed by atoms with van der Waals surface area (Å²) < 4.78 is 39.0. The fraction of sp³-hybridized carbons (Fsp3) is 0.350. The van der Waals surface area contributed by atoms with Crippen molar-refractivity contribution in [3.63, 3.8) is 0 Å². The first-order valence-electron chi connectivity index (χ1n) is 8.98. The Labute approximate surface area is 168 Å². The normalized spacial score (nSPS) is 23.4. The first-order valence-corrected chi connectivity index (χ1v) is 11.2. The third-order valence-corrected chi connectivity index (χ3v) is 7.40. The number of amides is 2. The molecule has 2 saturated heterocycles. The Bertz CT molecular complexity index is 1030. The number of carbonyl (C=O) groups is 1. The highest BCUT2D eigenvalue weighted by molar-refractivity contribution is 7.91. The van der Waals surface area contributed by atoms with Gasteiger partial charge in [0.15, 0.2) is 9.84 Å². The minimum atomic E-state index is -3.30. The molecule has 0 spiro atoms. The first kappa shape index (κ1) is 19.2. The van der Waals surface area contributed by atoms with Crippen LogP contribution in [0.5, 0.6) is 0 Å². The molecule has 28 heavy (non-hydrogen) atoms. The average Bonchev–Trinajstić information content (AvgIpc) is 3.00. The third-order valence-electron chi connectivity index (χ3n) is 5.35. The molecule has 0 saturated carbocycles. The maximum Gasteiger partial charge on any atom is 0.325 e. The highest BCUT2D eigenvalue weighted by Crippen LogP contribution is 2.37. The number of benzene rings is 2. The highest BCUT2D eigenvalue weighted by atomic mass is 35.5.